The molecule has 184 valence electrons. The SMILES string of the molecule is CCCc1nn2c(c1-c1ccc(C)c(S(=O)(=O)NCc3ccccc3OC)c1)NC(=O)CCC2=O. The van der Waals surface area contributed by atoms with Gasteiger partial charge in [0.25, 0.3) is 0 Å². The normalized spacial score (nSPS) is 13.8. The van der Waals surface area contributed by atoms with E-state index in [1.807, 2.05) is 19.1 Å². The van der Waals surface area contributed by atoms with Gasteiger partial charge in [-0.25, -0.2) is 13.1 Å². The lowest BCUT2D eigenvalue weighted by Gasteiger charge is -2.14. The molecule has 1 amide bonds. The number of amides is 1. The van der Waals surface area contributed by atoms with Crippen LogP contribution in [-0.4, -0.2) is 37.1 Å². The van der Waals surface area contributed by atoms with E-state index in [9.17, 15) is 18.0 Å². The Balaban J connectivity index is 1.76. The number of benzene rings is 2. The highest BCUT2D eigenvalue weighted by molar-refractivity contribution is 7.89. The molecule has 0 spiro atoms. The van der Waals surface area contributed by atoms with E-state index in [4.69, 9.17) is 4.74 Å². The molecule has 35 heavy (non-hydrogen) atoms. The van der Waals surface area contributed by atoms with Crippen molar-refractivity contribution in [3.8, 4) is 16.9 Å². The first kappa shape index (κ1) is 24.6. The second-order valence-electron chi connectivity index (χ2n) is 8.39. The van der Waals surface area contributed by atoms with Crippen molar-refractivity contribution < 1.29 is 22.7 Å². The van der Waals surface area contributed by atoms with Gasteiger partial charge in [0, 0.05) is 30.5 Å². The molecule has 9 nitrogen and oxygen atoms in total. The average molecular weight is 497 g/mol. The molecule has 2 aromatic carbocycles. The Morgan fingerprint density at radius 3 is 2.66 bits per heavy atom. The van der Waals surface area contributed by atoms with Gasteiger partial charge in [-0.15, -0.1) is 0 Å². The van der Waals surface area contributed by atoms with Crippen molar-refractivity contribution in [3.05, 3.63) is 59.3 Å². The summed E-state index contributed by atoms with van der Waals surface area (Å²) < 4.78 is 35.8. The molecule has 1 aliphatic heterocycles. The first-order valence-corrected chi connectivity index (χ1v) is 12.9. The molecular formula is C25H28N4O5S. The molecule has 0 radical (unpaired) electrons. The Morgan fingerprint density at radius 2 is 1.91 bits per heavy atom. The summed E-state index contributed by atoms with van der Waals surface area (Å²) in [4.78, 5) is 25.0. The molecule has 3 aromatic rings. The van der Waals surface area contributed by atoms with Gasteiger partial charge in [0.1, 0.15) is 11.6 Å². The van der Waals surface area contributed by atoms with Crippen LogP contribution in [0.25, 0.3) is 11.1 Å². The van der Waals surface area contributed by atoms with Crippen molar-refractivity contribution in [2.24, 2.45) is 0 Å². The Labute approximate surface area is 204 Å². The number of methoxy groups -OCH3 is 1. The third-order valence-electron chi connectivity index (χ3n) is 5.92. The van der Waals surface area contributed by atoms with Crippen LogP contribution >= 0.6 is 0 Å². The van der Waals surface area contributed by atoms with E-state index in [0.29, 0.717) is 40.1 Å². The largest absolute Gasteiger partial charge is 0.496 e. The predicted octanol–water partition coefficient (Wildman–Crippen LogP) is 3.67. The van der Waals surface area contributed by atoms with Crippen LogP contribution in [0.1, 0.15) is 47.8 Å². The van der Waals surface area contributed by atoms with Crippen LogP contribution in [0.2, 0.25) is 0 Å². The van der Waals surface area contributed by atoms with Gasteiger partial charge >= 0.3 is 0 Å². The minimum atomic E-state index is -3.89. The number of carbonyl (C=O) groups excluding carboxylic acids is 2. The van der Waals surface area contributed by atoms with Crippen LogP contribution < -0.4 is 14.8 Å². The van der Waals surface area contributed by atoms with Crippen LogP contribution in [0.5, 0.6) is 5.75 Å². The number of nitrogens with zero attached hydrogens (tertiary/aromatic N) is 2. The summed E-state index contributed by atoms with van der Waals surface area (Å²) in [6, 6.07) is 12.3. The van der Waals surface area contributed by atoms with E-state index >= 15 is 0 Å². The number of hydrogen-bond donors (Lipinski definition) is 2. The predicted molar refractivity (Wildman–Crippen MR) is 132 cm³/mol. The molecule has 1 aromatic heterocycles. The second-order valence-corrected chi connectivity index (χ2v) is 10.1. The van der Waals surface area contributed by atoms with Gasteiger partial charge in [-0.3, -0.25) is 9.59 Å². The van der Waals surface area contributed by atoms with Crippen molar-refractivity contribution in [2.45, 2.75) is 51.0 Å². The number of carbonyl (C=O) groups is 2. The van der Waals surface area contributed by atoms with Crippen LogP contribution in [0.15, 0.2) is 47.4 Å². The number of fused-ring (bicyclic) bond motifs is 1. The molecule has 0 atom stereocenters. The summed E-state index contributed by atoms with van der Waals surface area (Å²) in [6.07, 6.45) is 1.47. The number of hydrogen-bond acceptors (Lipinski definition) is 6. The summed E-state index contributed by atoms with van der Waals surface area (Å²) in [5.41, 5.74) is 3.04. The molecule has 0 saturated carbocycles. The van der Waals surface area contributed by atoms with E-state index in [-0.39, 0.29) is 41.9 Å². The maximum atomic E-state index is 13.3. The third kappa shape index (κ3) is 4.98. The van der Waals surface area contributed by atoms with Crippen molar-refractivity contribution in [1.82, 2.24) is 14.5 Å². The van der Waals surface area contributed by atoms with Gasteiger partial charge in [-0.05, 0) is 36.6 Å². The topological polar surface area (TPSA) is 119 Å². The number of anilines is 1. The molecule has 1 aliphatic rings. The zero-order chi connectivity index (χ0) is 25.2. The Kier molecular flexibility index (Phi) is 7.04. The summed E-state index contributed by atoms with van der Waals surface area (Å²) >= 11 is 0. The third-order valence-corrected chi connectivity index (χ3v) is 7.46. The lowest BCUT2D eigenvalue weighted by atomic mass is 10.0. The van der Waals surface area contributed by atoms with Gasteiger partial charge < -0.3 is 10.1 Å². The summed E-state index contributed by atoms with van der Waals surface area (Å²) in [7, 11) is -2.35. The molecule has 10 heteroatoms. The van der Waals surface area contributed by atoms with E-state index < -0.39 is 10.0 Å². The minimum absolute atomic E-state index is 0.0604. The fraction of sp³-hybridized carbons (Fsp3) is 0.320. The molecular weight excluding hydrogens is 468 g/mol. The molecule has 0 unspecified atom stereocenters. The molecule has 0 bridgehead atoms. The van der Waals surface area contributed by atoms with Gasteiger partial charge in [0.2, 0.25) is 21.8 Å². The highest BCUT2D eigenvalue weighted by atomic mass is 32.2. The zero-order valence-corrected chi connectivity index (χ0v) is 20.7. The first-order valence-electron chi connectivity index (χ1n) is 11.4. The van der Waals surface area contributed by atoms with Crippen LogP contribution in [0.4, 0.5) is 5.82 Å². The van der Waals surface area contributed by atoms with Crippen molar-refractivity contribution in [1.29, 1.82) is 0 Å². The minimum Gasteiger partial charge on any atom is -0.496 e. The van der Waals surface area contributed by atoms with E-state index in [1.54, 1.807) is 37.3 Å². The van der Waals surface area contributed by atoms with Crippen LogP contribution in [0, 0.1) is 6.92 Å². The second kappa shape index (κ2) is 10.0. The zero-order valence-electron chi connectivity index (χ0n) is 19.9. The average Bonchev–Trinajstić information content (AvgIpc) is 3.12. The number of ether oxygens (including phenoxy) is 1. The molecule has 0 fully saturated rings. The smallest absolute Gasteiger partial charge is 0.249 e. The number of para-hydroxylation sites is 1. The van der Waals surface area contributed by atoms with E-state index in [1.165, 1.54) is 11.8 Å². The quantitative estimate of drug-likeness (QED) is 0.491. The summed E-state index contributed by atoms with van der Waals surface area (Å²) in [6.45, 7) is 3.77. The standard InChI is InChI=1S/C25H28N4O5S/c1-4-7-19-24(25-27-22(30)12-13-23(31)29(25)28-19)17-11-10-16(2)21(14-17)35(32,33)26-15-18-8-5-6-9-20(18)34-3/h5-6,8-11,14,26H,4,7,12-13,15H2,1-3H3,(H,27,30). The van der Waals surface area contributed by atoms with Gasteiger partial charge in [-0.2, -0.15) is 9.78 Å². The molecule has 0 aliphatic carbocycles. The maximum Gasteiger partial charge on any atom is 0.249 e. The highest BCUT2D eigenvalue weighted by Crippen LogP contribution is 2.36. The summed E-state index contributed by atoms with van der Waals surface area (Å²) in [5.74, 6) is 0.322. The molecule has 0 saturated heterocycles. The monoisotopic (exact) mass is 496 g/mol. The number of nitrogens with one attached hydrogen (secondary N) is 2. The Hall–Kier alpha value is -3.50. The lowest BCUT2D eigenvalue weighted by molar-refractivity contribution is -0.116. The lowest BCUT2D eigenvalue weighted by Crippen LogP contribution is -2.24. The Morgan fingerprint density at radius 1 is 1.14 bits per heavy atom. The van der Waals surface area contributed by atoms with Crippen molar-refractivity contribution >= 4 is 27.7 Å². The first-order chi connectivity index (χ1) is 16.7. The Bertz CT molecular complexity index is 1390. The van der Waals surface area contributed by atoms with E-state index in [0.717, 1.165) is 6.42 Å². The fourth-order valence-electron chi connectivity index (χ4n) is 4.14. The van der Waals surface area contributed by atoms with Gasteiger partial charge in [0.05, 0.1) is 17.7 Å². The maximum absolute atomic E-state index is 13.3. The van der Waals surface area contributed by atoms with Crippen LogP contribution in [-0.2, 0) is 27.8 Å². The molecule has 4 rings (SSSR count). The number of sulfonamides is 1. The fourth-order valence-corrected chi connectivity index (χ4v) is 5.41. The van der Waals surface area contributed by atoms with Gasteiger partial charge in [0.15, 0.2) is 0 Å². The number of rotatable bonds is 8. The number of aromatic nitrogens is 2. The van der Waals surface area contributed by atoms with Gasteiger partial charge in [-0.1, -0.05) is 43.7 Å². The van der Waals surface area contributed by atoms with E-state index in [2.05, 4.69) is 15.1 Å². The molecule has 2 N–H and O–H groups in total. The number of aryl methyl sites for hydroxylation is 2. The van der Waals surface area contributed by atoms with Crippen molar-refractivity contribution in [3.63, 3.8) is 0 Å². The molecule has 2 heterocycles. The van der Waals surface area contributed by atoms with Crippen LogP contribution in [0.3, 0.4) is 0 Å². The van der Waals surface area contributed by atoms with Crippen molar-refractivity contribution in [2.75, 3.05) is 12.4 Å². The summed E-state index contributed by atoms with van der Waals surface area (Å²) in [5, 5.41) is 7.27. The highest BCUT2D eigenvalue weighted by Gasteiger charge is 2.28.